The highest BCUT2D eigenvalue weighted by Gasteiger charge is 2.06. The van der Waals surface area contributed by atoms with E-state index in [1.165, 1.54) is 5.56 Å². The molecule has 0 saturated heterocycles. The minimum Gasteiger partial charge on any atom is -0.312 e. The van der Waals surface area contributed by atoms with Crippen LogP contribution in [0.5, 0.6) is 0 Å². The first kappa shape index (κ1) is 13.1. The Morgan fingerprint density at radius 2 is 1.63 bits per heavy atom. The summed E-state index contributed by atoms with van der Waals surface area (Å²) < 4.78 is 0. The maximum absolute atomic E-state index is 12.0. The normalized spacial score (nSPS) is 10.6. The Hall–Kier alpha value is -2.35. The molecule has 2 rings (SSSR count). The largest absolute Gasteiger partial charge is 0.312 e. The van der Waals surface area contributed by atoms with Crippen molar-refractivity contribution in [3.8, 4) is 0 Å². The van der Waals surface area contributed by atoms with Gasteiger partial charge in [-0.1, -0.05) is 48.0 Å². The molecule has 1 amide bonds. The molecular weight excluding hydrogens is 234 g/mol. The van der Waals surface area contributed by atoms with Gasteiger partial charge in [-0.05, 0) is 30.7 Å². The Balaban J connectivity index is 2.07. The van der Waals surface area contributed by atoms with Crippen LogP contribution in [0.4, 0.5) is 5.69 Å². The molecule has 0 aliphatic heterocycles. The fourth-order valence-electron chi connectivity index (χ4n) is 1.74. The van der Waals surface area contributed by atoms with Gasteiger partial charge < -0.3 is 4.90 Å². The number of benzene rings is 2. The number of para-hydroxylation sites is 1. The minimum atomic E-state index is -0.0354. The summed E-state index contributed by atoms with van der Waals surface area (Å²) in [5.74, 6) is -0.0354. The molecule has 0 radical (unpaired) electrons. The van der Waals surface area contributed by atoms with Crippen molar-refractivity contribution in [1.82, 2.24) is 0 Å². The third-order valence-corrected chi connectivity index (χ3v) is 2.97. The average Bonchev–Trinajstić information content (AvgIpc) is 2.46. The van der Waals surface area contributed by atoms with Crippen molar-refractivity contribution in [2.75, 3.05) is 11.9 Å². The zero-order valence-electron chi connectivity index (χ0n) is 11.2. The lowest BCUT2D eigenvalue weighted by atomic mass is 10.1. The van der Waals surface area contributed by atoms with E-state index in [-0.39, 0.29) is 5.91 Å². The molecule has 0 heterocycles. The molecule has 0 fully saturated rings. The first-order chi connectivity index (χ1) is 9.16. The van der Waals surface area contributed by atoms with E-state index in [0.29, 0.717) is 0 Å². The molecule has 2 heteroatoms. The number of carbonyl (C=O) groups excluding carboxylic acids is 1. The molecule has 0 saturated carbocycles. The van der Waals surface area contributed by atoms with Gasteiger partial charge in [-0.3, -0.25) is 4.79 Å². The van der Waals surface area contributed by atoms with Crippen molar-refractivity contribution < 1.29 is 4.79 Å². The summed E-state index contributed by atoms with van der Waals surface area (Å²) in [7, 11) is 1.77. The predicted molar refractivity (Wildman–Crippen MR) is 80.1 cm³/mol. The summed E-state index contributed by atoms with van der Waals surface area (Å²) in [6.45, 7) is 2.04. The Morgan fingerprint density at radius 1 is 1.00 bits per heavy atom. The third kappa shape index (κ3) is 3.55. The smallest absolute Gasteiger partial charge is 0.250 e. The number of hydrogen-bond donors (Lipinski definition) is 0. The standard InChI is InChI=1S/C17H17NO/c1-14-8-10-15(11-9-14)12-13-17(19)18(2)16-6-4-3-5-7-16/h3-13H,1-2H3/b13-12-. The van der Waals surface area contributed by atoms with Crippen LogP contribution in [0.25, 0.3) is 6.08 Å². The topological polar surface area (TPSA) is 20.3 Å². The third-order valence-electron chi connectivity index (χ3n) is 2.97. The van der Waals surface area contributed by atoms with Crippen LogP contribution >= 0.6 is 0 Å². The number of amides is 1. The fraction of sp³-hybridized carbons (Fsp3) is 0.118. The van der Waals surface area contributed by atoms with Crippen LogP contribution in [-0.2, 0) is 4.79 Å². The second-order valence-corrected chi connectivity index (χ2v) is 4.48. The number of likely N-dealkylation sites (N-methyl/N-ethyl adjacent to an activating group) is 1. The van der Waals surface area contributed by atoms with E-state index < -0.39 is 0 Å². The van der Waals surface area contributed by atoms with E-state index in [0.717, 1.165) is 11.3 Å². The molecule has 0 N–H and O–H groups in total. The molecule has 0 atom stereocenters. The maximum Gasteiger partial charge on any atom is 0.250 e. The van der Waals surface area contributed by atoms with Crippen LogP contribution in [0, 0.1) is 6.92 Å². The first-order valence-corrected chi connectivity index (χ1v) is 6.24. The van der Waals surface area contributed by atoms with Crippen LogP contribution < -0.4 is 4.90 Å². The molecule has 19 heavy (non-hydrogen) atoms. The molecule has 0 bridgehead atoms. The predicted octanol–water partition coefficient (Wildman–Crippen LogP) is 3.67. The van der Waals surface area contributed by atoms with Gasteiger partial charge in [0.1, 0.15) is 0 Å². The Bertz CT molecular complexity index is 570. The highest BCUT2D eigenvalue weighted by molar-refractivity contribution is 6.03. The summed E-state index contributed by atoms with van der Waals surface area (Å²) in [5.41, 5.74) is 3.13. The van der Waals surface area contributed by atoms with Crippen LogP contribution in [0.3, 0.4) is 0 Å². The minimum absolute atomic E-state index is 0.0354. The van der Waals surface area contributed by atoms with Crippen molar-refractivity contribution in [2.45, 2.75) is 6.92 Å². The van der Waals surface area contributed by atoms with Gasteiger partial charge in [0.2, 0.25) is 0 Å². The van der Waals surface area contributed by atoms with E-state index in [1.807, 2.05) is 67.6 Å². The van der Waals surface area contributed by atoms with Crippen molar-refractivity contribution in [2.24, 2.45) is 0 Å². The number of anilines is 1. The van der Waals surface area contributed by atoms with Gasteiger partial charge in [-0.25, -0.2) is 0 Å². The molecule has 0 aromatic heterocycles. The molecule has 2 nitrogen and oxygen atoms in total. The van der Waals surface area contributed by atoms with Gasteiger partial charge in [0.15, 0.2) is 0 Å². The highest BCUT2D eigenvalue weighted by Crippen LogP contribution is 2.12. The number of nitrogens with zero attached hydrogens (tertiary/aromatic N) is 1. The zero-order chi connectivity index (χ0) is 13.7. The van der Waals surface area contributed by atoms with Gasteiger partial charge >= 0.3 is 0 Å². The SMILES string of the molecule is Cc1ccc(/C=C\C(=O)N(C)c2ccccc2)cc1. The highest BCUT2D eigenvalue weighted by atomic mass is 16.2. The Kier molecular flexibility index (Phi) is 4.14. The van der Waals surface area contributed by atoms with Crippen molar-refractivity contribution in [3.63, 3.8) is 0 Å². The summed E-state index contributed by atoms with van der Waals surface area (Å²) in [5, 5.41) is 0. The van der Waals surface area contributed by atoms with E-state index in [2.05, 4.69) is 0 Å². The first-order valence-electron chi connectivity index (χ1n) is 6.24. The summed E-state index contributed by atoms with van der Waals surface area (Å²) in [6, 6.07) is 17.7. The Morgan fingerprint density at radius 3 is 2.26 bits per heavy atom. The monoisotopic (exact) mass is 251 g/mol. The number of rotatable bonds is 3. The fourth-order valence-corrected chi connectivity index (χ4v) is 1.74. The van der Waals surface area contributed by atoms with Crippen LogP contribution in [-0.4, -0.2) is 13.0 Å². The van der Waals surface area contributed by atoms with Crippen LogP contribution in [0.2, 0.25) is 0 Å². The van der Waals surface area contributed by atoms with Gasteiger partial charge in [0.05, 0.1) is 0 Å². The van der Waals surface area contributed by atoms with Crippen LogP contribution in [0.1, 0.15) is 11.1 Å². The molecule has 96 valence electrons. The zero-order valence-corrected chi connectivity index (χ0v) is 11.2. The Labute approximate surface area is 114 Å². The lowest BCUT2D eigenvalue weighted by Crippen LogP contribution is -2.23. The molecular formula is C17H17NO. The molecule has 0 spiro atoms. The van der Waals surface area contributed by atoms with Crippen LogP contribution in [0.15, 0.2) is 60.7 Å². The second kappa shape index (κ2) is 6.01. The summed E-state index contributed by atoms with van der Waals surface area (Å²) in [6.07, 6.45) is 3.43. The van der Waals surface area contributed by atoms with Gasteiger partial charge in [0, 0.05) is 18.8 Å². The molecule has 0 unspecified atom stereocenters. The van der Waals surface area contributed by atoms with Gasteiger partial charge in [0.25, 0.3) is 5.91 Å². The molecule has 0 aliphatic rings. The number of aryl methyl sites for hydroxylation is 1. The molecule has 2 aromatic carbocycles. The van der Waals surface area contributed by atoms with Gasteiger partial charge in [-0.2, -0.15) is 0 Å². The molecule has 0 aliphatic carbocycles. The summed E-state index contributed by atoms with van der Waals surface area (Å²) >= 11 is 0. The summed E-state index contributed by atoms with van der Waals surface area (Å²) in [4.78, 5) is 13.7. The van der Waals surface area contributed by atoms with E-state index in [4.69, 9.17) is 0 Å². The van der Waals surface area contributed by atoms with E-state index in [1.54, 1.807) is 18.0 Å². The van der Waals surface area contributed by atoms with Crippen molar-refractivity contribution >= 4 is 17.7 Å². The number of hydrogen-bond acceptors (Lipinski definition) is 1. The van der Waals surface area contributed by atoms with Crippen molar-refractivity contribution in [3.05, 3.63) is 71.8 Å². The lowest BCUT2D eigenvalue weighted by Gasteiger charge is -2.14. The van der Waals surface area contributed by atoms with E-state index in [9.17, 15) is 4.79 Å². The quantitative estimate of drug-likeness (QED) is 0.762. The maximum atomic E-state index is 12.0. The molecule has 2 aromatic rings. The van der Waals surface area contributed by atoms with E-state index >= 15 is 0 Å². The second-order valence-electron chi connectivity index (χ2n) is 4.48. The average molecular weight is 251 g/mol. The van der Waals surface area contributed by atoms with Gasteiger partial charge in [-0.15, -0.1) is 0 Å². The number of carbonyl (C=O) groups is 1. The lowest BCUT2D eigenvalue weighted by molar-refractivity contribution is -0.113. The van der Waals surface area contributed by atoms with Crippen molar-refractivity contribution in [1.29, 1.82) is 0 Å².